The molecule has 0 N–H and O–H groups in total. The average molecular weight is 405 g/mol. The molecule has 0 aliphatic rings. The molecule has 0 fully saturated rings. The lowest BCUT2D eigenvalue weighted by molar-refractivity contribution is 0.714. The van der Waals surface area contributed by atoms with Crippen LogP contribution in [0.1, 0.15) is 11.3 Å². The van der Waals surface area contributed by atoms with Gasteiger partial charge in [-0.05, 0) is 41.6 Å². The standard InChI is InChI=1S/C20H13ClN6S/c21-16-8-9-18(24-17(16)11-22)28-20-26-25-19(15-7-4-10-23-12-15)27(20)13-14-5-2-1-3-6-14/h1-10,12H,13H2. The van der Waals surface area contributed by atoms with Gasteiger partial charge in [0.05, 0.1) is 11.6 Å². The van der Waals surface area contributed by atoms with Gasteiger partial charge in [-0.3, -0.25) is 9.55 Å². The van der Waals surface area contributed by atoms with E-state index >= 15 is 0 Å². The molecular weight excluding hydrogens is 392 g/mol. The highest BCUT2D eigenvalue weighted by Gasteiger charge is 2.17. The molecule has 0 spiro atoms. The van der Waals surface area contributed by atoms with Crippen LogP contribution in [0.25, 0.3) is 11.4 Å². The summed E-state index contributed by atoms with van der Waals surface area (Å²) in [6.07, 6.45) is 3.48. The fourth-order valence-electron chi connectivity index (χ4n) is 2.63. The highest BCUT2D eigenvalue weighted by Crippen LogP contribution is 2.30. The van der Waals surface area contributed by atoms with Crippen molar-refractivity contribution >= 4 is 23.4 Å². The third-order valence-electron chi connectivity index (χ3n) is 3.94. The normalized spacial score (nSPS) is 10.6. The summed E-state index contributed by atoms with van der Waals surface area (Å²) in [5.74, 6) is 0.717. The molecule has 3 heterocycles. The molecule has 1 aromatic carbocycles. The van der Waals surface area contributed by atoms with Gasteiger partial charge in [-0.2, -0.15) is 5.26 Å². The molecule has 0 amide bonds. The van der Waals surface area contributed by atoms with E-state index in [0.29, 0.717) is 27.6 Å². The summed E-state index contributed by atoms with van der Waals surface area (Å²) in [6, 6.07) is 19.3. The molecule has 4 aromatic rings. The van der Waals surface area contributed by atoms with E-state index in [9.17, 15) is 0 Å². The van der Waals surface area contributed by atoms with Gasteiger partial charge in [0.2, 0.25) is 0 Å². The zero-order valence-electron chi connectivity index (χ0n) is 14.5. The lowest BCUT2D eigenvalue weighted by Crippen LogP contribution is -2.04. The van der Waals surface area contributed by atoms with Gasteiger partial charge >= 0.3 is 0 Å². The quantitative estimate of drug-likeness (QED) is 0.488. The summed E-state index contributed by atoms with van der Waals surface area (Å²) in [6.45, 7) is 0.596. The SMILES string of the molecule is N#Cc1nc(Sc2nnc(-c3cccnc3)n2Cc2ccccc2)ccc1Cl. The Morgan fingerprint density at radius 2 is 1.89 bits per heavy atom. The minimum atomic E-state index is 0.188. The second-order valence-corrected chi connectivity index (χ2v) is 7.21. The molecule has 0 saturated carbocycles. The third-order valence-corrected chi connectivity index (χ3v) is 5.17. The minimum Gasteiger partial charge on any atom is -0.297 e. The van der Waals surface area contributed by atoms with Crippen LogP contribution in [0.4, 0.5) is 0 Å². The zero-order chi connectivity index (χ0) is 19.3. The Morgan fingerprint density at radius 1 is 1.04 bits per heavy atom. The van der Waals surface area contributed by atoms with Crippen LogP contribution < -0.4 is 0 Å². The van der Waals surface area contributed by atoms with Gasteiger partial charge < -0.3 is 0 Å². The van der Waals surface area contributed by atoms with Crippen molar-refractivity contribution in [3.63, 3.8) is 0 Å². The summed E-state index contributed by atoms with van der Waals surface area (Å²) in [7, 11) is 0. The molecule has 6 nitrogen and oxygen atoms in total. The van der Waals surface area contributed by atoms with E-state index in [-0.39, 0.29) is 5.69 Å². The number of nitrogens with zero attached hydrogens (tertiary/aromatic N) is 6. The predicted octanol–water partition coefficient (Wildman–Crippen LogP) is 4.46. The first kappa shape index (κ1) is 18.2. The number of aromatic nitrogens is 5. The molecule has 3 aromatic heterocycles. The number of pyridine rings is 2. The lowest BCUT2D eigenvalue weighted by Gasteiger charge is -2.10. The van der Waals surface area contributed by atoms with Crippen LogP contribution in [-0.2, 0) is 6.54 Å². The molecule has 0 atom stereocenters. The minimum absolute atomic E-state index is 0.188. The highest BCUT2D eigenvalue weighted by molar-refractivity contribution is 7.99. The van der Waals surface area contributed by atoms with Gasteiger partial charge in [-0.25, -0.2) is 4.98 Å². The van der Waals surface area contributed by atoms with Crippen LogP contribution in [0.2, 0.25) is 5.02 Å². The average Bonchev–Trinajstić information content (AvgIpc) is 3.13. The molecule has 136 valence electrons. The van der Waals surface area contributed by atoms with Gasteiger partial charge in [-0.15, -0.1) is 10.2 Å². The van der Waals surface area contributed by atoms with Gasteiger partial charge in [0, 0.05) is 18.0 Å². The fraction of sp³-hybridized carbons (Fsp3) is 0.0500. The summed E-state index contributed by atoms with van der Waals surface area (Å²) < 4.78 is 2.01. The Bertz CT molecular complexity index is 1140. The van der Waals surface area contributed by atoms with E-state index in [0.717, 1.165) is 11.1 Å². The van der Waals surface area contributed by atoms with Crippen LogP contribution in [0.3, 0.4) is 0 Å². The van der Waals surface area contributed by atoms with Crippen LogP contribution in [0.5, 0.6) is 0 Å². The van der Waals surface area contributed by atoms with Crippen LogP contribution in [0, 0.1) is 11.3 Å². The van der Waals surface area contributed by atoms with E-state index in [4.69, 9.17) is 16.9 Å². The second-order valence-electron chi connectivity index (χ2n) is 5.81. The van der Waals surface area contributed by atoms with E-state index in [1.54, 1.807) is 24.5 Å². The Hall–Kier alpha value is -3.21. The van der Waals surface area contributed by atoms with Gasteiger partial charge in [0.1, 0.15) is 11.1 Å². The Kier molecular flexibility index (Phi) is 5.33. The first-order chi connectivity index (χ1) is 13.7. The van der Waals surface area contributed by atoms with Crippen LogP contribution >= 0.6 is 23.4 Å². The first-order valence-corrected chi connectivity index (χ1v) is 9.56. The first-order valence-electron chi connectivity index (χ1n) is 8.36. The summed E-state index contributed by atoms with van der Waals surface area (Å²) in [5, 5.41) is 19.5. The largest absolute Gasteiger partial charge is 0.297 e. The Morgan fingerprint density at radius 3 is 2.64 bits per heavy atom. The maximum Gasteiger partial charge on any atom is 0.198 e. The van der Waals surface area contributed by atoms with Crippen molar-refractivity contribution in [1.82, 2.24) is 24.7 Å². The lowest BCUT2D eigenvalue weighted by atomic mass is 10.2. The molecular formula is C20H13ClN6S. The van der Waals surface area contributed by atoms with Crippen molar-refractivity contribution in [2.45, 2.75) is 16.7 Å². The maximum absolute atomic E-state index is 9.16. The van der Waals surface area contributed by atoms with E-state index in [2.05, 4.69) is 32.3 Å². The fourth-order valence-corrected chi connectivity index (χ4v) is 3.58. The molecule has 8 heteroatoms. The summed E-state index contributed by atoms with van der Waals surface area (Å²) in [4.78, 5) is 8.48. The topological polar surface area (TPSA) is 80.3 Å². The van der Waals surface area contributed by atoms with Gasteiger partial charge in [0.15, 0.2) is 16.7 Å². The van der Waals surface area contributed by atoms with E-state index in [1.165, 1.54) is 11.8 Å². The molecule has 0 radical (unpaired) electrons. The van der Waals surface area contributed by atoms with Crippen molar-refractivity contribution in [2.75, 3.05) is 0 Å². The van der Waals surface area contributed by atoms with Crippen molar-refractivity contribution in [2.24, 2.45) is 0 Å². The van der Waals surface area contributed by atoms with E-state index < -0.39 is 0 Å². The number of hydrogen-bond donors (Lipinski definition) is 0. The van der Waals surface area contributed by atoms with Crippen LogP contribution in [0.15, 0.2) is 77.2 Å². The van der Waals surface area contributed by atoms with Crippen molar-refractivity contribution in [3.8, 4) is 17.5 Å². The molecule has 4 rings (SSSR count). The molecule has 0 unspecified atom stereocenters. The molecule has 0 saturated heterocycles. The summed E-state index contributed by atoms with van der Waals surface area (Å²) >= 11 is 7.32. The second kappa shape index (κ2) is 8.21. The molecule has 0 aliphatic carbocycles. The number of hydrogen-bond acceptors (Lipinski definition) is 6. The van der Waals surface area contributed by atoms with Crippen molar-refractivity contribution < 1.29 is 0 Å². The molecule has 0 aliphatic heterocycles. The van der Waals surface area contributed by atoms with Crippen LogP contribution in [-0.4, -0.2) is 24.7 Å². The predicted molar refractivity (Wildman–Crippen MR) is 107 cm³/mol. The number of halogens is 1. The third kappa shape index (κ3) is 3.88. The number of nitriles is 1. The van der Waals surface area contributed by atoms with Crippen molar-refractivity contribution in [1.29, 1.82) is 5.26 Å². The number of rotatable bonds is 5. The summed E-state index contributed by atoms with van der Waals surface area (Å²) in [5.41, 5.74) is 2.18. The maximum atomic E-state index is 9.16. The smallest absolute Gasteiger partial charge is 0.198 e. The van der Waals surface area contributed by atoms with Gasteiger partial charge in [-0.1, -0.05) is 41.9 Å². The molecule has 0 bridgehead atoms. The highest BCUT2D eigenvalue weighted by atomic mass is 35.5. The van der Waals surface area contributed by atoms with E-state index in [1.807, 2.05) is 41.0 Å². The van der Waals surface area contributed by atoms with Gasteiger partial charge in [0.25, 0.3) is 0 Å². The Balaban J connectivity index is 1.75. The molecule has 28 heavy (non-hydrogen) atoms. The van der Waals surface area contributed by atoms with Crippen molar-refractivity contribution in [3.05, 3.63) is 83.3 Å². The zero-order valence-corrected chi connectivity index (χ0v) is 16.1. The Labute approximate surface area is 170 Å². The monoisotopic (exact) mass is 404 g/mol. The number of benzene rings is 1.